The summed E-state index contributed by atoms with van der Waals surface area (Å²) >= 11 is 1.52. The second-order valence-corrected chi connectivity index (χ2v) is 6.14. The third kappa shape index (κ3) is 2.90. The number of thioether (sulfide) groups is 1. The SMILES string of the molecule is CC(Sc1ncc(CO)n1C)c1noc(-c2ccccc2)n1. The van der Waals surface area contributed by atoms with E-state index in [0.717, 1.165) is 16.4 Å². The average molecular weight is 316 g/mol. The predicted octanol–water partition coefficient (Wildman–Crippen LogP) is 2.82. The van der Waals surface area contributed by atoms with Crippen molar-refractivity contribution < 1.29 is 9.63 Å². The Hall–Kier alpha value is -2.12. The van der Waals surface area contributed by atoms with Crippen LogP contribution in [0.1, 0.15) is 23.7 Å². The molecular weight excluding hydrogens is 300 g/mol. The van der Waals surface area contributed by atoms with Crippen LogP contribution in [-0.2, 0) is 13.7 Å². The minimum absolute atomic E-state index is 0.00569. The van der Waals surface area contributed by atoms with Crippen LogP contribution in [0.5, 0.6) is 0 Å². The van der Waals surface area contributed by atoms with E-state index in [9.17, 15) is 5.11 Å². The Morgan fingerprint density at radius 3 is 2.77 bits per heavy atom. The molecule has 1 N–H and O–H groups in total. The van der Waals surface area contributed by atoms with Gasteiger partial charge in [0.1, 0.15) is 0 Å². The number of rotatable bonds is 5. The van der Waals surface area contributed by atoms with Crippen LogP contribution < -0.4 is 0 Å². The van der Waals surface area contributed by atoms with E-state index in [1.807, 2.05) is 48.9 Å². The van der Waals surface area contributed by atoms with Gasteiger partial charge in [-0.05, 0) is 19.1 Å². The molecule has 0 radical (unpaired) electrons. The summed E-state index contributed by atoms with van der Waals surface area (Å²) in [5, 5.41) is 14.1. The lowest BCUT2D eigenvalue weighted by Crippen LogP contribution is -1.99. The Labute approximate surface area is 132 Å². The molecule has 22 heavy (non-hydrogen) atoms. The van der Waals surface area contributed by atoms with E-state index in [1.165, 1.54) is 11.8 Å². The Morgan fingerprint density at radius 1 is 1.32 bits per heavy atom. The lowest BCUT2D eigenvalue weighted by molar-refractivity contribution is 0.271. The second kappa shape index (κ2) is 6.33. The smallest absolute Gasteiger partial charge is 0.257 e. The van der Waals surface area contributed by atoms with Crippen molar-refractivity contribution in [2.24, 2.45) is 7.05 Å². The highest BCUT2D eigenvalue weighted by Crippen LogP contribution is 2.33. The highest BCUT2D eigenvalue weighted by molar-refractivity contribution is 7.99. The van der Waals surface area contributed by atoms with Crippen LogP contribution in [0.2, 0.25) is 0 Å². The van der Waals surface area contributed by atoms with Crippen molar-refractivity contribution in [3.63, 3.8) is 0 Å². The number of aliphatic hydroxyl groups is 1. The summed E-state index contributed by atoms with van der Waals surface area (Å²) in [6, 6.07) is 9.67. The van der Waals surface area contributed by atoms with Gasteiger partial charge in [0.05, 0.1) is 23.7 Å². The molecule has 0 aliphatic carbocycles. The van der Waals surface area contributed by atoms with Crippen molar-refractivity contribution in [2.75, 3.05) is 0 Å². The van der Waals surface area contributed by atoms with Crippen molar-refractivity contribution in [3.8, 4) is 11.5 Å². The zero-order valence-electron chi connectivity index (χ0n) is 12.3. The van der Waals surface area contributed by atoms with Gasteiger partial charge in [-0.1, -0.05) is 35.1 Å². The van der Waals surface area contributed by atoms with Crippen LogP contribution in [0, 0.1) is 0 Å². The molecule has 1 aromatic carbocycles. The van der Waals surface area contributed by atoms with Crippen LogP contribution in [0.3, 0.4) is 0 Å². The fourth-order valence-electron chi connectivity index (χ4n) is 1.99. The molecule has 2 aromatic heterocycles. The minimum atomic E-state index is -0.0290. The molecule has 7 heteroatoms. The van der Waals surface area contributed by atoms with Crippen LogP contribution in [0.25, 0.3) is 11.5 Å². The Balaban J connectivity index is 1.77. The van der Waals surface area contributed by atoms with Crippen molar-refractivity contribution >= 4 is 11.8 Å². The molecule has 1 atom stereocenters. The molecule has 1 unspecified atom stereocenters. The van der Waals surface area contributed by atoms with Gasteiger partial charge in [-0.3, -0.25) is 0 Å². The van der Waals surface area contributed by atoms with Gasteiger partial charge in [-0.2, -0.15) is 4.98 Å². The van der Waals surface area contributed by atoms with Gasteiger partial charge in [0.15, 0.2) is 11.0 Å². The molecule has 0 bridgehead atoms. The summed E-state index contributed by atoms with van der Waals surface area (Å²) in [7, 11) is 1.87. The third-order valence-corrected chi connectivity index (χ3v) is 4.47. The topological polar surface area (TPSA) is 77.0 Å². The van der Waals surface area contributed by atoms with Crippen molar-refractivity contribution in [3.05, 3.63) is 48.0 Å². The van der Waals surface area contributed by atoms with Crippen LogP contribution in [0.15, 0.2) is 46.2 Å². The predicted molar refractivity (Wildman–Crippen MR) is 83.1 cm³/mol. The molecular formula is C15H16N4O2S. The van der Waals surface area contributed by atoms with E-state index in [4.69, 9.17) is 4.52 Å². The zero-order chi connectivity index (χ0) is 15.5. The zero-order valence-corrected chi connectivity index (χ0v) is 13.1. The molecule has 0 aliphatic heterocycles. The first-order valence-corrected chi connectivity index (χ1v) is 7.74. The summed E-state index contributed by atoms with van der Waals surface area (Å²) in [6.07, 6.45) is 1.67. The van der Waals surface area contributed by atoms with Gasteiger partial charge in [0.25, 0.3) is 5.89 Å². The minimum Gasteiger partial charge on any atom is -0.390 e. The van der Waals surface area contributed by atoms with E-state index in [0.29, 0.717) is 11.7 Å². The maximum absolute atomic E-state index is 9.20. The number of aliphatic hydroxyl groups excluding tert-OH is 1. The summed E-state index contributed by atoms with van der Waals surface area (Å²) in [6.45, 7) is 1.97. The molecule has 114 valence electrons. The first-order valence-electron chi connectivity index (χ1n) is 6.86. The standard InChI is InChI=1S/C15H16N4O2S/c1-10(22-15-16-8-12(9-20)19(15)2)13-17-14(21-18-13)11-6-4-3-5-7-11/h3-8,10,20H,9H2,1-2H3. The van der Waals surface area contributed by atoms with Crippen molar-refractivity contribution in [1.82, 2.24) is 19.7 Å². The molecule has 6 nitrogen and oxygen atoms in total. The lowest BCUT2D eigenvalue weighted by atomic mass is 10.2. The Kier molecular flexibility index (Phi) is 4.26. The van der Waals surface area contributed by atoms with E-state index in [-0.39, 0.29) is 11.9 Å². The number of benzene rings is 1. The second-order valence-electron chi connectivity index (χ2n) is 4.83. The first-order chi connectivity index (χ1) is 10.7. The molecule has 0 amide bonds. The maximum atomic E-state index is 9.20. The summed E-state index contributed by atoms with van der Waals surface area (Å²) < 4.78 is 7.18. The summed E-state index contributed by atoms with van der Waals surface area (Å²) in [4.78, 5) is 8.74. The average Bonchev–Trinajstić information content (AvgIpc) is 3.16. The van der Waals surface area contributed by atoms with Gasteiger partial charge in [0, 0.05) is 12.6 Å². The number of aromatic nitrogens is 4. The van der Waals surface area contributed by atoms with Gasteiger partial charge >= 0.3 is 0 Å². The van der Waals surface area contributed by atoms with Crippen LogP contribution in [-0.4, -0.2) is 24.8 Å². The molecule has 0 aliphatic rings. The molecule has 2 heterocycles. The largest absolute Gasteiger partial charge is 0.390 e. The van der Waals surface area contributed by atoms with Crippen LogP contribution >= 0.6 is 11.8 Å². The van der Waals surface area contributed by atoms with E-state index < -0.39 is 0 Å². The number of hydrogen-bond donors (Lipinski definition) is 1. The maximum Gasteiger partial charge on any atom is 0.257 e. The van der Waals surface area contributed by atoms with Crippen molar-refractivity contribution in [2.45, 2.75) is 23.9 Å². The first kappa shape index (κ1) is 14.8. The molecule has 0 spiro atoms. The summed E-state index contributed by atoms with van der Waals surface area (Å²) in [5.74, 6) is 1.14. The van der Waals surface area contributed by atoms with Gasteiger partial charge in [-0.25, -0.2) is 4.98 Å². The number of imidazole rings is 1. The monoisotopic (exact) mass is 316 g/mol. The van der Waals surface area contributed by atoms with Gasteiger partial charge in [0.2, 0.25) is 0 Å². The quantitative estimate of drug-likeness (QED) is 0.729. The fourth-order valence-corrected chi connectivity index (χ4v) is 2.90. The highest BCUT2D eigenvalue weighted by Gasteiger charge is 2.18. The fraction of sp³-hybridized carbons (Fsp3) is 0.267. The summed E-state index contributed by atoms with van der Waals surface area (Å²) in [5.41, 5.74) is 1.67. The normalized spacial score (nSPS) is 12.5. The van der Waals surface area contributed by atoms with E-state index in [2.05, 4.69) is 15.1 Å². The van der Waals surface area contributed by atoms with E-state index >= 15 is 0 Å². The Bertz CT molecular complexity index is 754. The molecule has 3 rings (SSSR count). The number of nitrogens with zero attached hydrogens (tertiary/aromatic N) is 4. The van der Waals surface area contributed by atoms with E-state index in [1.54, 1.807) is 6.20 Å². The third-order valence-electron chi connectivity index (χ3n) is 3.31. The molecule has 0 fully saturated rings. The number of hydrogen-bond acceptors (Lipinski definition) is 6. The highest BCUT2D eigenvalue weighted by atomic mass is 32.2. The van der Waals surface area contributed by atoms with Crippen LogP contribution in [0.4, 0.5) is 0 Å². The molecule has 0 saturated carbocycles. The lowest BCUT2D eigenvalue weighted by Gasteiger charge is -2.07. The van der Waals surface area contributed by atoms with Gasteiger partial charge < -0.3 is 14.2 Å². The van der Waals surface area contributed by atoms with Crippen molar-refractivity contribution in [1.29, 1.82) is 0 Å². The van der Waals surface area contributed by atoms with Gasteiger partial charge in [-0.15, -0.1) is 0 Å². The molecule has 3 aromatic rings. The Morgan fingerprint density at radius 2 is 2.09 bits per heavy atom. The molecule has 0 saturated heterocycles.